The first kappa shape index (κ1) is 29.3. The molecule has 2 nitrogen and oxygen atoms in total. The minimum atomic E-state index is -0.572. The van der Waals surface area contributed by atoms with Crippen LogP contribution in [0.15, 0.2) is 205 Å². The summed E-state index contributed by atoms with van der Waals surface area (Å²) in [7, 11) is 0. The van der Waals surface area contributed by atoms with Crippen molar-refractivity contribution in [1.29, 1.82) is 0 Å². The van der Waals surface area contributed by atoms with Gasteiger partial charge in [0.05, 0.1) is 16.8 Å². The number of anilines is 3. The number of hydrogen-bond acceptors (Lipinski definition) is 2. The van der Waals surface area contributed by atoms with Crippen LogP contribution in [0.25, 0.3) is 44.2 Å². The highest BCUT2D eigenvalue weighted by Crippen LogP contribution is 2.58. The highest BCUT2D eigenvalue weighted by molar-refractivity contribution is 6.06. The van der Waals surface area contributed by atoms with E-state index in [0.29, 0.717) is 0 Å². The molecule has 9 aromatic rings. The van der Waals surface area contributed by atoms with Gasteiger partial charge < -0.3 is 9.32 Å². The number of furan rings is 1. The van der Waals surface area contributed by atoms with E-state index in [4.69, 9.17) is 4.42 Å². The number of para-hydroxylation sites is 2. The molecule has 51 heavy (non-hydrogen) atoms. The Morgan fingerprint density at radius 3 is 1.63 bits per heavy atom. The fraction of sp³-hybridized carbons (Fsp3) is 0.0204. The molecule has 2 heteroatoms. The molecular weight excluding hydrogens is 619 g/mol. The summed E-state index contributed by atoms with van der Waals surface area (Å²) in [4.78, 5) is 2.44. The van der Waals surface area contributed by atoms with Crippen LogP contribution < -0.4 is 4.90 Å². The normalized spacial score (nSPS) is 13.2. The number of fused-ring (bicyclic) bond motifs is 5. The van der Waals surface area contributed by atoms with Crippen molar-refractivity contribution < 1.29 is 4.42 Å². The Bertz CT molecular complexity index is 2640. The maximum absolute atomic E-state index is 6.21. The van der Waals surface area contributed by atoms with Gasteiger partial charge >= 0.3 is 0 Å². The van der Waals surface area contributed by atoms with Gasteiger partial charge in [0.15, 0.2) is 0 Å². The zero-order valence-corrected chi connectivity index (χ0v) is 27.9. The Morgan fingerprint density at radius 2 is 0.882 bits per heavy atom. The van der Waals surface area contributed by atoms with Crippen LogP contribution >= 0.6 is 0 Å². The third-order valence-corrected chi connectivity index (χ3v) is 10.5. The summed E-state index contributed by atoms with van der Waals surface area (Å²) >= 11 is 0. The molecule has 0 N–H and O–H groups in total. The molecule has 0 unspecified atom stereocenters. The van der Waals surface area contributed by atoms with E-state index in [1.165, 1.54) is 39.1 Å². The molecular formula is C49H33NO. The second kappa shape index (κ2) is 11.8. The van der Waals surface area contributed by atoms with E-state index in [1.54, 1.807) is 0 Å². The summed E-state index contributed by atoms with van der Waals surface area (Å²) < 4.78 is 6.21. The maximum Gasteiger partial charge on any atom is 0.135 e. The SMILES string of the molecule is c1ccc(-c2ccc(N3c4ccccc4C(c4ccccc4)(c4ccccc4)c4cc(-c5ccc6oc7ccccc7c6c5)ccc43)cc2)cc1. The standard InChI is InChI=1S/C49H33NO/c1-4-14-34(15-5-1)35-24-28-40(29-25-35)50-45-22-12-11-21-43(45)49(38-16-6-2-7-17-38,39-18-8-3-9-19-39)44-33-37(26-30-46(44)50)36-27-31-48-42(32-36)41-20-10-13-23-47(41)51-48/h1-33H. The molecule has 1 aliphatic rings. The first-order valence-corrected chi connectivity index (χ1v) is 17.5. The minimum Gasteiger partial charge on any atom is -0.456 e. The first-order chi connectivity index (χ1) is 25.3. The molecule has 1 aromatic heterocycles. The van der Waals surface area contributed by atoms with Gasteiger partial charge in [0, 0.05) is 16.5 Å². The summed E-state index contributed by atoms with van der Waals surface area (Å²) in [5.74, 6) is 0. The summed E-state index contributed by atoms with van der Waals surface area (Å²) in [6.45, 7) is 0. The molecule has 8 aromatic carbocycles. The van der Waals surface area contributed by atoms with E-state index in [0.717, 1.165) is 44.4 Å². The van der Waals surface area contributed by atoms with Gasteiger partial charge in [0.25, 0.3) is 0 Å². The molecule has 0 spiro atoms. The summed E-state index contributed by atoms with van der Waals surface area (Å²) in [6, 6.07) is 72.5. The van der Waals surface area contributed by atoms with E-state index in [2.05, 4.69) is 193 Å². The van der Waals surface area contributed by atoms with Crippen molar-refractivity contribution in [2.45, 2.75) is 5.41 Å². The molecule has 0 fully saturated rings. The van der Waals surface area contributed by atoms with Gasteiger partial charge in [0.2, 0.25) is 0 Å². The molecule has 0 saturated carbocycles. The van der Waals surface area contributed by atoms with Gasteiger partial charge in [-0.15, -0.1) is 0 Å². The Kier molecular flexibility index (Phi) is 6.75. The molecule has 240 valence electrons. The van der Waals surface area contributed by atoms with E-state index in [9.17, 15) is 0 Å². The van der Waals surface area contributed by atoms with Crippen LogP contribution in [-0.4, -0.2) is 0 Å². The summed E-state index contributed by atoms with van der Waals surface area (Å²) in [6.07, 6.45) is 0. The summed E-state index contributed by atoms with van der Waals surface area (Å²) in [5.41, 5.74) is 14.4. The molecule has 2 heterocycles. The Hall–Kier alpha value is -6.64. The van der Waals surface area contributed by atoms with Gasteiger partial charge in [0.1, 0.15) is 11.2 Å². The maximum atomic E-state index is 6.21. The molecule has 0 bridgehead atoms. The lowest BCUT2D eigenvalue weighted by molar-refractivity contribution is 0.669. The Labute approximate surface area is 297 Å². The van der Waals surface area contributed by atoms with Gasteiger partial charge in [-0.25, -0.2) is 0 Å². The predicted molar refractivity (Wildman–Crippen MR) is 211 cm³/mol. The van der Waals surface area contributed by atoms with Crippen molar-refractivity contribution in [3.63, 3.8) is 0 Å². The first-order valence-electron chi connectivity index (χ1n) is 17.5. The average Bonchev–Trinajstić information content (AvgIpc) is 3.59. The van der Waals surface area contributed by atoms with E-state index < -0.39 is 5.41 Å². The van der Waals surface area contributed by atoms with Crippen LogP contribution in [0.2, 0.25) is 0 Å². The quantitative estimate of drug-likeness (QED) is 0.184. The lowest BCUT2D eigenvalue weighted by atomic mass is 9.62. The highest BCUT2D eigenvalue weighted by Gasteiger charge is 2.46. The number of benzene rings is 8. The van der Waals surface area contributed by atoms with E-state index >= 15 is 0 Å². The van der Waals surface area contributed by atoms with Crippen LogP contribution in [0.1, 0.15) is 22.3 Å². The molecule has 0 atom stereocenters. The zero-order chi connectivity index (χ0) is 33.8. The monoisotopic (exact) mass is 651 g/mol. The number of hydrogen-bond donors (Lipinski definition) is 0. The Balaban J connectivity index is 1.25. The van der Waals surface area contributed by atoms with Crippen LogP contribution in [-0.2, 0) is 5.41 Å². The number of nitrogens with zero attached hydrogens (tertiary/aromatic N) is 1. The lowest BCUT2D eigenvalue weighted by Crippen LogP contribution is -2.37. The fourth-order valence-electron chi connectivity index (χ4n) is 8.25. The van der Waals surface area contributed by atoms with E-state index in [-0.39, 0.29) is 0 Å². The van der Waals surface area contributed by atoms with Gasteiger partial charge in [-0.2, -0.15) is 0 Å². The van der Waals surface area contributed by atoms with Crippen molar-refractivity contribution in [1.82, 2.24) is 0 Å². The van der Waals surface area contributed by atoms with Crippen molar-refractivity contribution in [3.8, 4) is 22.3 Å². The molecule has 1 aliphatic heterocycles. The predicted octanol–water partition coefficient (Wildman–Crippen LogP) is 13.1. The average molecular weight is 652 g/mol. The molecule has 0 radical (unpaired) electrons. The van der Waals surface area contributed by atoms with Gasteiger partial charge in [-0.3, -0.25) is 0 Å². The van der Waals surface area contributed by atoms with Crippen LogP contribution in [0.5, 0.6) is 0 Å². The van der Waals surface area contributed by atoms with Crippen LogP contribution in [0.4, 0.5) is 17.1 Å². The fourth-order valence-corrected chi connectivity index (χ4v) is 8.25. The minimum absolute atomic E-state index is 0.572. The molecule has 0 saturated heterocycles. The van der Waals surface area contributed by atoms with Crippen LogP contribution in [0.3, 0.4) is 0 Å². The summed E-state index contributed by atoms with van der Waals surface area (Å²) in [5, 5.41) is 2.26. The van der Waals surface area contributed by atoms with Crippen molar-refractivity contribution in [2.24, 2.45) is 0 Å². The largest absolute Gasteiger partial charge is 0.456 e. The highest BCUT2D eigenvalue weighted by atomic mass is 16.3. The van der Waals surface area contributed by atoms with E-state index in [1.807, 2.05) is 12.1 Å². The lowest BCUT2D eigenvalue weighted by Gasteiger charge is -2.46. The molecule has 0 amide bonds. The zero-order valence-electron chi connectivity index (χ0n) is 27.9. The van der Waals surface area contributed by atoms with Gasteiger partial charge in [-0.05, 0) is 93.0 Å². The topological polar surface area (TPSA) is 16.4 Å². The molecule has 0 aliphatic carbocycles. The van der Waals surface area contributed by atoms with Crippen molar-refractivity contribution in [2.75, 3.05) is 4.90 Å². The second-order valence-corrected chi connectivity index (χ2v) is 13.3. The third-order valence-electron chi connectivity index (χ3n) is 10.5. The van der Waals surface area contributed by atoms with Crippen molar-refractivity contribution >= 4 is 39.0 Å². The van der Waals surface area contributed by atoms with Crippen molar-refractivity contribution in [3.05, 3.63) is 222 Å². The van der Waals surface area contributed by atoms with Crippen LogP contribution in [0, 0.1) is 0 Å². The smallest absolute Gasteiger partial charge is 0.135 e. The van der Waals surface area contributed by atoms with Gasteiger partial charge in [-0.1, -0.05) is 152 Å². The third kappa shape index (κ3) is 4.57. The number of rotatable bonds is 5. The molecule has 10 rings (SSSR count). The Morgan fingerprint density at radius 1 is 0.353 bits per heavy atom. The second-order valence-electron chi connectivity index (χ2n) is 13.3.